The van der Waals surface area contributed by atoms with E-state index >= 15 is 4.11 Å². The van der Waals surface area contributed by atoms with Gasteiger partial charge in [0.05, 0.1) is 5.69 Å². The van der Waals surface area contributed by atoms with E-state index in [1.54, 1.807) is 42.6 Å². The minimum Gasteiger partial charge on any atom is -0.296 e. The lowest BCUT2D eigenvalue weighted by Crippen LogP contribution is -2.64. The van der Waals surface area contributed by atoms with E-state index in [-0.39, 0.29) is 0 Å². The quantitative estimate of drug-likeness (QED) is 0.301. The van der Waals surface area contributed by atoms with Gasteiger partial charge in [-0.05, 0) is 45.9 Å². The summed E-state index contributed by atoms with van der Waals surface area (Å²) in [5.41, 5.74) is 1.26. The van der Waals surface area contributed by atoms with Crippen LogP contribution in [0, 0.1) is 5.82 Å². The first-order valence-electron chi connectivity index (χ1n) is 8.71. The molecule has 0 spiro atoms. The Bertz CT molecular complexity index is 998. The Morgan fingerprint density at radius 2 is 1.26 bits per heavy atom. The van der Waals surface area contributed by atoms with E-state index in [0.29, 0.717) is 26.8 Å². The fourth-order valence-corrected chi connectivity index (χ4v) is 6.54. The molecule has 4 aromatic rings. The summed E-state index contributed by atoms with van der Waals surface area (Å²) < 4.78 is 31.3. The summed E-state index contributed by atoms with van der Waals surface area (Å²) in [6.45, 7) is 0. The maximum absolute atomic E-state index is 17.1. The van der Waals surface area contributed by atoms with Gasteiger partial charge in [0, 0.05) is 11.8 Å². The third-order valence-corrected chi connectivity index (χ3v) is 8.05. The maximum atomic E-state index is 17.1. The van der Waals surface area contributed by atoms with Crippen molar-refractivity contribution in [2.45, 2.75) is 0 Å². The molecule has 0 unspecified atom stereocenters. The van der Waals surface area contributed by atoms with E-state index in [4.69, 9.17) is 0 Å². The predicted molar refractivity (Wildman–Crippen MR) is 108 cm³/mol. The number of rotatable bonds is 4. The zero-order chi connectivity index (χ0) is 18.7. The second kappa shape index (κ2) is 7.25. The molecule has 4 heteroatoms. The molecular formula is C23H17F2NSi. The Hall–Kier alpha value is -3.11. The Morgan fingerprint density at radius 1 is 0.667 bits per heavy atom. The van der Waals surface area contributed by atoms with Crippen LogP contribution in [-0.2, 0) is 0 Å². The van der Waals surface area contributed by atoms with E-state index < -0.39 is 14.2 Å². The molecule has 132 valence electrons. The Balaban J connectivity index is 2.04. The van der Waals surface area contributed by atoms with Gasteiger partial charge in [0.25, 0.3) is 0 Å². The van der Waals surface area contributed by atoms with Gasteiger partial charge in [-0.25, -0.2) is 4.39 Å². The molecule has 1 aromatic heterocycles. The molecule has 0 N–H and O–H groups in total. The number of aromatic nitrogens is 1. The number of benzene rings is 3. The van der Waals surface area contributed by atoms with E-state index in [0.717, 1.165) is 0 Å². The highest BCUT2D eigenvalue weighted by molar-refractivity contribution is 7.07. The topological polar surface area (TPSA) is 12.9 Å². The molecule has 0 saturated carbocycles. The van der Waals surface area contributed by atoms with Gasteiger partial charge in [0.1, 0.15) is 5.82 Å². The van der Waals surface area contributed by atoms with Crippen molar-refractivity contribution in [3.63, 3.8) is 0 Å². The van der Waals surface area contributed by atoms with Gasteiger partial charge in [-0.1, -0.05) is 66.7 Å². The highest BCUT2D eigenvalue weighted by Crippen LogP contribution is 2.20. The van der Waals surface area contributed by atoms with Crippen molar-refractivity contribution < 1.29 is 8.50 Å². The molecule has 0 saturated heterocycles. The lowest BCUT2D eigenvalue weighted by Gasteiger charge is -2.26. The Kier molecular flexibility index (Phi) is 4.65. The van der Waals surface area contributed by atoms with Gasteiger partial charge >= 0.3 is 8.41 Å². The molecule has 0 aliphatic carbocycles. The molecule has 1 nitrogen and oxygen atoms in total. The van der Waals surface area contributed by atoms with Crippen molar-refractivity contribution in [3.05, 3.63) is 109 Å². The van der Waals surface area contributed by atoms with Gasteiger partial charge in [-0.15, -0.1) is 0 Å². The molecule has 0 radical (unpaired) electrons. The summed E-state index contributed by atoms with van der Waals surface area (Å²) >= 11 is 0. The lowest BCUT2D eigenvalue weighted by atomic mass is 10.1. The number of hydrogen-bond acceptors (Lipinski definition) is 1. The normalized spacial score (nSPS) is 11.3. The predicted octanol–water partition coefficient (Wildman–Crippen LogP) is 3.82. The number of hydrogen-bond donors (Lipinski definition) is 0. The van der Waals surface area contributed by atoms with Crippen LogP contribution in [0.3, 0.4) is 0 Å². The Labute approximate surface area is 158 Å². The lowest BCUT2D eigenvalue weighted by molar-refractivity contribution is 0.628. The van der Waals surface area contributed by atoms with Crippen molar-refractivity contribution in [2.75, 3.05) is 0 Å². The zero-order valence-corrected chi connectivity index (χ0v) is 15.5. The second-order valence-electron chi connectivity index (χ2n) is 6.30. The van der Waals surface area contributed by atoms with Gasteiger partial charge in [-0.3, -0.25) is 9.09 Å². The zero-order valence-electron chi connectivity index (χ0n) is 14.5. The first-order valence-corrected chi connectivity index (χ1v) is 10.6. The van der Waals surface area contributed by atoms with Crippen LogP contribution >= 0.6 is 0 Å². The van der Waals surface area contributed by atoms with Crippen molar-refractivity contribution in [2.24, 2.45) is 0 Å². The van der Waals surface area contributed by atoms with Crippen molar-refractivity contribution in [1.29, 1.82) is 0 Å². The monoisotopic (exact) mass is 373 g/mol. The summed E-state index contributed by atoms with van der Waals surface area (Å²) in [6.07, 6.45) is 1.66. The van der Waals surface area contributed by atoms with Gasteiger partial charge < -0.3 is 0 Å². The molecule has 0 fully saturated rings. The highest BCUT2D eigenvalue weighted by Gasteiger charge is 2.43. The summed E-state index contributed by atoms with van der Waals surface area (Å²) in [5, 5.41) is 1.54. The van der Waals surface area contributed by atoms with Gasteiger partial charge in [-0.2, -0.15) is 0 Å². The van der Waals surface area contributed by atoms with E-state index in [1.807, 2.05) is 48.5 Å². The van der Waals surface area contributed by atoms with Crippen LogP contribution in [0.5, 0.6) is 0 Å². The van der Waals surface area contributed by atoms with Crippen LogP contribution in [0.4, 0.5) is 8.50 Å². The molecule has 4 rings (SSSR count). The fourth-order valence-electron chi connectivity index (χ4n) is 3.36. The van der Waals surface area contributed by atoms with Crippen molar-refractivity contribution >= 4 is 24.0 Å². The molecule has 0 aliphatic rings. The van der Waals surface area contributed by atoms with Gasteiger partial charge in [0.2, 0.25) is 0 Å². The van der Waals surface area contributed by atoms with Crippen molar-refractivity contribution in [1.82, 2.24) is 4.98 Å². The van der Waals surface area contributed by atoms with Crippen LogP contribution < -0.4 is 15.6 Å². The first-order chi connectivity index (χ1) is 13.2. The largest absolute Gasteiger partial charge is 0.340 e. The minimum atomic E-state index is -3.92. The summed E-state index contributed by atoms with van der Waals surface area (Å²) in [4.78, 5) is 4.37. The van der Waals surface area contributed by atoms with E-state index in [1.165, 1.54) is 12.1 Å². The third kappa shape index (κ3) is 3.20. The SMILES string of the molecule is Fc1ccc(-c2ccccn2)c([Si](F)(c2ccccc2)c2ccccc2)c1. The number of pyridine rings is 1. The average Bonchev–Trinajstić information content (AvgIpc) is 2.75. The second-order valence-corrected chi connectivity index (χ2v) is 9.31. The molecule has 3 aromatic carbocycles. The minimum absolute atomic E-state index is 0.374. The Morgan fingerprint density at radius 3 is 1.81 bits per heavy atom. The van der Waals surface area contributed by atoms with Crippen LogP contribution in [0.15, 0.2) is 103 Å². The van der Waals surface area contributed by atoms with Crippen LogP contribution in [0.25, 0.3) is 11.3 Å². The average molecular weight is 373 g/mol. The van der Waals surface area contributed by atoms with Gasteiger partial charge in [0.15, 0.2) is 0 Å². The molecular weight excluding hydrogens is 356 g/mol. The third-order valence-electron chi connectivity index (χ3n) is 4.64. The number of halogens is 2. The number of nitrogens with zero attached hydrogens (tertiary/aromatic N) is 1. The maximum Gasteiger partial charge on any atom is 0.340 e. The molecule has 27 heavy (non-hydrogen) atoms. The van der Waals surface area contributed by atoms with Crippen LogP contribution in [-0.4, -0.2) is 13.4 Å². The molecule has 0 amide bonds. The van der Waals surface area contributed by atoms with Crippen LogP contribution in [0.2, 0.25) is 0 Å². The van der Waals surface area contributed by atoms with E-state index in [2.05, 4.69) is 4.98 Å². The standard InChI is InChI=1S/C23H17F2NSi/c24-18-14-15-21(22-13-7-8-16-26-22)23(17-18)27(25,19-9-3-1-4-10-19)20-11-5-2-6-12-20/h1-17H. The molecule has 0 atom stereocenters. The molecule has 0 bridgehead atoms. The summed E-state index contributed by atoms with van der Waals surface area (Å²) in [7, 11) is -3.92. The summed E-state index contributed by atoms with van der Waals surface area (Å²) in [5.74, 6) is -0.453. The van der Waals surface area contributed by atoms with E-state index in [9.17, 15) is 4.39 Å². The van der Waals surface area contributed by atoms with Crippen molar-refractivity contribution in [3.8, 4) is 11.3 Å². The smallest absolute Gasteiger partial charge is 0.296 e. The molecule has 1 heterocycles. The highest BCUT2D eigenvalue weighted by atomic mass is 28.4. The van der Waals surface area contributed by atoms with Crippen LogP contribution in [0.1, 0.15) is 0 Å². The molecule has 0 aliphatic heterocycles. The fraction of sp³-hybridized carbons (Fsp3) is 0. The summed E-state index contributed by atoms with van der Waals surface area (Å²) in [6, 6.07) is 27.9. The first kappa shape index (κ1) is 17.3.